The lowest BCUT2D eigenvalue weighted by atomic mass is 10.5. The molecule has 0 saturated heterocycles. The Kier molecular flexibility index (Phi) is 4.21. The highest BCUT2D eigenvalue weighted by molar-refractivity contribution is 7.20. The minimum Gasteiger partial charge on any atom is -0.317 e. The van der Waals surface area contributed by atoms with E-state index in [9.17, 15) is 4.79 Å². The quantitative estimate of drug-likeness (QED) is 0.811. The highest BCUT2D eigenvalue weighted by Gasteiger charge is 2.02. The lowest BCUT2D eigenvalue weighted by molar-refractivity contribution is -0.115. The zero-order chi connectivity index (χ0) is 9.68. The third kappa shape index (κ3) is 3.76. The Hall–Kier alpha value is -0.580. The Morgan fingerprint density at radius 1 is 1.62 bits per heavy atom. The van der Waals surface area contributed by atoms with Gasteiger partial charge in [-0.05, 0) is 18.7 Å². The second kappa shape index (κ2) is 5.21. The summed E-state index contributed by atoms with van der Waals surface area (Å²) in [5, 5.41) is 6.45. The van der Waals surface area contributed by atoms with Crippen molar-refractivity contribution in [2.75, 3.05) is 18.4 Å². The second-order valence-corrected chi connectivity index (χ2v) is 4.15. The van der Waals surface area contributed by atoms with Gasteiger partial charge in [0.25, 0.3) is 0 Å². The topological polar surface area (TPSA) is 41.1 Å². The summed E-state index contributed by atoms with van der Waals surface area (Å²) >= 11 is 7.06. The number of halogens is 1. The number of thiophene rings is 1. The maximum atomic E-state index is 11.2. The van der Waals surface area contributed by atoms with Crippen molar-refractivity contribution in [1.82, 2.24) is 5.32 Å². The molecule has 0 aromatic carbocycles. The van der Waals surface area contributed by atoms with Crippen LogP contribution in [0.4, 0.5) is 5.00 Å². The zero-order valence-corrected chi connectivity index (χ0v) is 8.84. The van der Waals surface area contributed by atoms with Crippen molar-refractivity contribution in [2.24, 2.45) is 0 Å². The summed E-state index contributed by atoms with van der Waals surface area (Å²) in [6.07, 6.45) is 0. The predicted molar refractivity (Wildman–Crippen MR) is 56.5 cm³/mol. The third-order valence-electron chi connectivity index (χ3n) is 1.37. The molecule has 5 heteroatoms. The monoisotopic (exact) mass is 218 g/mol. The van der Waals surface area contributed by atoms with Gasteiger partial charge in [-0.1, -0.05) is 18.5 Å². The van der Waals surface area contributed by atoms with Crippen molar-refractivity contribution in [3.05, 3.63) is 16.5 Å². The number of nitrogens with one attached hydrogen (secondary N) is 2. The number of hydrogen-bond donors (Lipinski definition) is 2. The van der Waals surface area contributed by atoms with Gasteiger partial charge < -0.3 is 10.6 Å². The van der Waals surface area contributed by atoms with Crippen molar-refractivity contribution >= 4 is 33.8 Å². The summed E-state index contributed by atoms with van der Waals surface area (Å²) in [6.45, 7) is 3.08. The van der Waals surface area contributed by atoms with E-state index in [1.807, 2.05) is 6.92 Å². The Labute approximate surface area is 86.1 Å². The first-order chi connectivity index (χ1) is 6.22. The molecule has 1 heterocycles. The van der Waals surface area contributed by atoms with E-state index in [-0.39, 0.29) is 5.91 Å². The van der Waals surface area contributed by atoms with E-state index < -0.39 is 0 Å². The molecule has 0 aliphatic carbocycles. The smallest absolute Gasteiger partial charge is 0.238 e. The maximum Gasteiger partial charge on any atom is 0.238 e. The summed E-state index contributed by atoms with van der Waals surface area (Å²) in [6, 6.07) is 3.55. The van der Waals surface area contributed by atoms with Crippen LogP contribution in [0.5, 0.6) is 0 Å². The molecule has 2 N–H and O–H groups in total. The molecule has 0 aliphatic rings. The summed E-state index contributed by atoms with van der Waals surface area (Å²) in [4.78, 5) is 11.2. The van der Waals surface area contributed by atoms with Gasteiger partial charge >= 0.3 is 0 Å². The molecule has 0 saturated carbocycles. The summed E-state index contributed by atoms with van der Waals surface area (Å²) < 4.78 is 0.679. The van der Waals surface area contributed by atoms with Crippen LogP contribution in [0.2, 0.25) is 4.34 Å². The number of rotatable bonds is 4. The van der Waals surface area contributed by atoms with E-state index in [1.165, 1.54) is 11.3 Å². The fourth-order valence-electron chi connectivity index (χ4n) is 0.802. The molecule has 1 amide bonds. The Morgan fingerprint density at radius 3 is 2.92 bits per heavy atom. The first-order valence-corrected chi connectivity index (χ1v) is 5.17. The molecule has 13 heavy (non-hydrogen) atoms. The summed E-state index contributed by atoms with van der Waals surface area (Å²) in [5.41, 5.74) is 0. The minimum atomic E-state index is -0.0413. The van der Waals surface area contributed by atoms with Gasteiger partial charge in [-0.25, -0.2) is 0 Å². The Bertz CT molecular complexity index is 287. The van der Waals surface area contributed by atoms with Gasteiger partial charge in [0, 0.05) is 0 Å². The van der Waals surface area contributed by atoms with Crippen LogP contribution in [0.25, 0.3) is 0 Å². The van der Waals surface area contributed by atoms with Crippen LogP contribution in [-0.2, 0) is 4.79 Å². The van der Waals surface area contributed by atoms with Gasteiger partial charge in [0.2, 0.25) is 5.91 Å². The lowest BCUT2D eigenvalue weighted by Gasteiger charge is -2.01. The number of carbonyl (C=O) groups is 1. The first-order valence-electron chi connectivity index (χ1n) is 3.98. The van der Waals surface area contributed by atoms with E-state index in [1.54, 1.807) is 12.1 Å². The number of anilines is 1. The molecule has 0 atom stereocenters. The highest BCUT2D eigenvalue weighted by atomic mass is 35.5. The third-order valence-corrected chi connectivity index (χ3v) is 2.52. The molecule has 1 rings (SSSR count). The van der Waals surface area contributed by atoms with Crippen molar-refractivity contribution in [3.8, 4) is 0 Å². The molecule has 3 nitrogen and oxygen atoms in total. The van der Waals surface area contributed by atoms with Crippen LogP contribution in [0.3, 0.4) is 0 Å². The molecule has 0 spiro atoms. The van der Waals surface area contributed by atoms with Gasteiger partial charge in [0.1, 0.15) is 0 Å². The van der Waals surface area contributed by atoms with E-state index >= 15 is 0 Å². The summed E-state index contributed by atoms with van der Waals surface area (Å²) in [5.74, 6) is -0.0413. The average Bonchev–Trinajstić information content (AvgIpc) is 2.48. The van der Waals surface area contributed by atoms with Crippen molar-refractivity contribution in [2.45, 2.75) is 6.92 Å². The van der Waals surface area contributed by atoms with E-state index in [4.69, 9.17) is 11.6 Å². The zero-order valence-electron chi connectivity index (χ0n) is 7.26. The van der Waals surface area contributed by atoms with Crippen molar-refractivity contribution < 1.29 is 4.79 Å². The Morgan fingerprint density at radius 2 is 2.38 bits per heavy atom. The summed E-state index contributed by atoms with van der Waals surface area (Å²) in [7, 11) is 0. The van der Waals surface area contributed by atoms with Crippen LogP contribution in [0, 0.1) is 0 Å². The van der Waals surface area contributed by atoms with Crippen LogP contribution in [-0.4, -0.2) is 19.0 Å². The van der Waals surface area contributed by atoms with E-state index in [0.29, 0.717) is 10.9 Å². The van der Waals surface area contributed by atoms with Crippen LogP contribution < -0.4 is 10.6 Å². The number of hydrogen-bond acceptors (Lipinski definition) is 3. The molecule has 72 valence electrons. The van der Waals surface area contributed by atoms with Crippen molar-refractivity contribution in [1.29, 1.82) is 0 Å². The molecule has 0 bridgehead atoms. The van der Waals surface area contributed by atoms with E-state index in [0.717, 1.165) is 11.5 Å². The van der Waals surface area contributed by atoms with Crippen LogP contribution in [0.15, 0.2) is 12.1 Å². The van der Waals surface area contributed by atoms with Crippen LogP contribution in [0.1, 0.15) is 6.92 Å². The fourth-order valence-corrected chi connectivity index (χ4v) is 1.76. The molecule has 1 aromatic rings. The lowest BCUT2D eigenvalue weighted by Crippen LogP contribution is -2.27. The predicted octanol–water partition coefficient (Wildman–Crippen LogP) is 1.95. The molecule has 0 unspecified atom stereocenters. The maximum absolute atomic E-state index is 11.2. The van der Waals surface area contributed by atoms with Gasteiger partial charge in [0.05, 0.1) is 15.9 Å². The first kappa shape index (κ1) is 10.5. The molecular weight excluding hydrogens is 208 g/mol. The molecule has 0 fully saturated rings. The van der Waals surface area contributed by atoms with Gasteiger partial charge in [-0.2, -0.15) is 0 Å². The van der Waals surface area contributed by atoms with Gasteiger partial charge in [-0.3, -0.25) is 4.79 Å². The van der Waals surface area contributed by atoms with Crippen LogP contribution >= 0.6 is 22.9 Å². The molecule has 0 aliphatic heterocycles. The van der Waals surface area contributed by atoms with Gasteiger partial charge in [-0.15, -0.1) is 11.3 Å². The number of likely N-dealkylation sites (N-methyl/N-ethyl adjacent to an activating group) is 1. The SMILES string of the molecule is CCNCC(=O)Nc1ccc(Cl)s1. The second-order valence-electron chi connectivity index (χ2n) is 2.43. The van der Waals surface area contributed by atoms with Crippen molar-refractivity contribution in [3.63, 3.8) is 0 Å². The fraction of sp³-hybridized carbons (Fsp3) is 0.375. The number of carbonyl (C=O) groups excluding carboxylic acids is 1. The molecule has 1 aromatic heterocycles. The van der Waals surface area contributed by atoms with E-state index in [2.05, 4.69) is 10.6 Å². The molecule has 0 radical (unpaired) electrons. The average molecular weight is 219 g/mol. The number of amides is 1. The minimum absolute atomic E-state index is 0.0413. The molecular formula is C8H11ClN2OS. The van der Waals surface area contributed by atoms with Gasteiger partial charge in [0.15, 0.2) is 0 Å². The Balaban J connectivity index is 2.36. The normalized spacial score (nSPS) is 10.0. The largest absolute Gasteiger partial charge is 0.317 e. The standard InChI is InChI=1S/C8H11ClN2OS/c1-2-10-5-7(12)11-8-4-3-6(9)13-8/h3-4,10H,2,5H2,1H3,(H,11,12). The highest BCUT2D eigenvalue weighted by Crippen LogP contribution is 2.25.